The van der Waals surface area contributed by atoms with Crippen LogP contribution < -0.4 is 10.1 Å². The minimum atomic E-state index is -0.139. The number of halogens is 2. The molecule has 15 heavy (non-hydrogen) atoms. The molecular formula is C10H11BrClNO2. The van der Waals surface area contributed by atoms with Gasteiger partial charge < -0.3 is 10.1 Å². The number of nitrogens with one attached hydrogen (secondary N) is 1. The van der Waals surface area contributed by atoms with Gasteiger partial charge >= 0.3 is 0 Å². The zero-order chi connectivity index (χ0) is 11.3. The lowest BCUT2D eigenvalue weighted by molar-refractivity contribution is -0.122. The molecule has 1 aromatic carbocycles. The Labute approximate surface area is 102 Å². The number of carbonyl (C=O) groups is 1. The molecule has 1 rings (SSSR count). The summed E-state index contributed by atoms with van der Waals surface area (Å²) in [7, 11) is 0. The Kier molecular flexibility index (Phi) is 4.91. The van der Waals surface area contributed by atoms with Crippen LogP contribution in [0.3, 0.4) is 0 Å². The van der Waals surface area contributed by atoms with Gasteiger partial charge in [0.1, 0.15) is 5.75 Å². The average Bonchev–Trinajstić information content (AvgIpc) is 2.17. The van der Waals surface area contributed by atoms with Gasteiger partial charge in [-0.2, -0.15) is 0 Å². The number of hydrogen-bond acceptors (Lipinski definition) is 2. The van der Waals surface area contributed by atoms with E-state index < -0.39 is 0 Å². The van der Waals surface area contributed by atoms with Crippen molar-refractivity contribution in [3.8, 4) is 5.75 Å². The second-order valence-corrected chi connectivity index (χ2v) is 4.11. The standard InChI is InChI=1S/C10H11BrClNO2/c1-2-13-10(14)6-15-9-4-3-7(12)5-8(9)11/h3-5H,2,6H2,1H3,(H,13,14). The highest BCUT2D eigenvalue weighted by molar-refractivity contribution is 9.10. The molecule has 0 aliphatic heterocycles. The van der Waals surface area contributed by atoms with Gasteiger partial charge in [0.25, 0.3) is 5.91 Å². The number of benzene rings is 1. The van der Waals surface area contributed by atoms with Crippen LogP contribution in [-0.2, 0) is 4.79 Å². The smallest absolute Gasteiger partial charge is 0.257 e. The van der Waals surface area contributed by atoms with Crippen LogP contribution in [0.15, 0.2) is 22.7 Å². The number of amides is 1. The fourth-order valence-electron chi connectivity index (χ4n) is 0.984. The molecule has 0 aromatic heterocycles. The number of likely N-dealkylation sites (N-methyl/N-ethyl adjacent to an activating group) is 1. The minimum Gasteiger partial charge on any atom is -0.483 e. The Hall–Kier alpha value is -0.740. The highest BCUT2D eigenvalue weighted by Crippen LogP contribution is 2.27. The van der Waals surface area contributed by atoms with E-state index in [4.69, 9.17) is 16.3 Å². The number of rotatable bonds is 4. The molecule has 0 saturated heterocycles. The maximum atomic E-state index is 11.1. The lowest BCUT2D eigenvalue weighted by Crippen LogP contribution is -2.28. The van der Waals surface area contributed by atoms with Gasteiger partial charge in [-0.05, 0) is 41.1 Å². The van der Waals surface area contributed by atoms with Gasteiger partial charge in [0, 0.05) is 11.6 Å². The van der Waals surface area contributed by atoms with Gasteiger partial charge in [0.05, 0.1) is 4.47 Å². The van der Waals surface area contributed by atoms with Crippen molar-refractivity contribution >= 4 is 33.4 Å². The Bertz CT molecular complexity index is 357. The highest BCUT2D eigenvalue weighted by atomic mass is 79.9. The van der Waals surface area contributed by atoms with E-state index in [-0.39, 0.29) is 12.5 Å². The van der Waals surface area contributed by atoms with Crippen molar-refractivity contribution in [3.63, 3.8) is 0 Å². The van der Waals surface area contributed by atoms with E-state index >= 15 is 0 Å². The molecule has 5 heteroatoms. The van der Waals surface area contributed by atoms with Crippen molar-refractivity contribution in [2.24, 2.45) is 0 Å². The van der Waals surface area contributed by atoms with Crippen LogP contribution in [0.2, 0.25) is 5.02 Å². The van der Waals surface area contributed by atoms with Crippen molar-refractivity contribution in [1.82, 2.24) is 5.32 Å². The summed E-state index contributed by atoms with van der Waals surface area (Å²) in [5, 5.41) is 3.26. The zero-order valence-electron chi connectivity index (χ0n) is 8.22. The summed E-state index contributed by atoms with van der Waals surface area (Å²) in [6, 6.07) is 5.14. The van der Waals surface area contributed by atoms with Crippen LogP contribution >= 0.6 is 27.5 Å². The Morgan fingerprint density at radius 2 is 2.33 bits per heavy atom. The van der Waals surface area contributed by atoms with Crippen LogP contribution in [0.25, 0.3) is 0 Å². The van der Waals surface area contributed by atoms with Crippen molar-refractivity contribution in [3.05, 3.63) is 27.7 Å². The minimum absolute atomic E-state index is 0.00801. The van der Waals surface area contributed by atoms with Crippen LogP contribution in [0.1, 0.15) is 6.92 Å². The molecule has 0 atom stereocenters. The molecule has 0 spiro atoms. The van der Waals surface area contributed by atoms with Gasteiger partial charge in [-0.15, -0.1) is 0 Å². The summed E-state index contributed by atoms with van der Waals surface area (Å²) < 4.78 is 6.02. The Balaban J connectivity index is 2.54. The van der Waals surface area contributed by atoms with Crippen molar-refractivity contribution in [2.45, 2.75) is 6.92 Å². The number of carbonyl (C=O) groups excluding carboxylic acids is 1. The van der Waals surface area contributed by atoms with Crippen molar-refractivity contribution in [2.75, 3.05) is 13.2 Å². The lowest BCUT2D eigenvalue weighted by Gasteiger charge is -2.07. The first kappa shape index (κ1) is 12.3. The molecule has 0 unspecified atom stereocenters. The number of ether oxygens (including phenoxy) is 1. The van der Waals surface area contributed by atoms with Gasteiger partial charge in [-0.3, -0.25) is 4.79 Å². The molecule has 1 N–H and O–H groups in total. The predicted molar refractivity (Wildman–Crippen MR) is 63.3 cm³/mol. The monoisotopic (exact) mass is 291 g/mol. The lowest BCUT2D eigenvalue weighted by atomic mass is 10.3. The summed E-state index contributed by atoms with van der Waals surface area (Å²) >= 11 is 9.06. The second kappa shape index (κ2) is 5.98. The SMILES string of the molecule is CCNC(=O)COc1ccc(Cl)cc1Br. The first-order valence-electron chi connectivity index (χ1n) is 4.48. The fraction of sp³-hybridized carbons (Fsp3) is 0.300. The fourth-order valence-corrected chi connectivity index (χ4v) is 1.78. The first-order chi connectivity index (χ1) is 7.13. The second-order valence-electron chi connectivity index (χ2n) is 2.82. The van der Waals surface area contributed by atoms with Gasteiger partial charge in [-0.25, -0.2) is 0 Å². The first-order valence-corrected chi connectivity index (χ1v) is 5.65. The largest absolute Gasteiger partial charge is 0.483 e. The Morgan fingerprint density at radius 1 is 1.60 bits per heavy atom. The predicted octanol–water partition coefficient (Wildman–Crippen LogP) is 2.62. The quantitative estimate of drug-likeness (QED) is 0.926. The number of hydrogen-bond donors (Lipinski definition) is 1. The summed E-state index contributed by atoms with van der Waals surface area (Å²) in [5.74, 6) is 0.463. The molecule has 0 radical (unpaired) electrons. The maximum absolute atomic E-state index is 11.1. The summed E-state index contributed by atoms with van der Waals surface area (Å²) in [5.41, 5.74) is 0. The molecule has 0 fully saturated rings. The van der Waals surface area contributed by atoms with Crippen LogP contribution in [0.4, 0.5) is 0 Å². The summed E-state index contributed by atoms with van der Waals surface area (Å²) in [6.45, 7) is 2.47. The molecule has 0 aliphatic carbocycles. The van der Waals surface area contributed by atoms with E-state index in [2.05, 4.69) is 21.2 Å². The average molecular weight is 293 g/mol. The van der Waals surface area contributed by atoms with E-state index in [0.717, 1.165) is 4.47 Å². The third-order valence-corrected chi connectivity index (χ3v) is 2.48. The van der Waals surface area contributed by atoms with Gasteiger partial charge in [-0.1, -0.05) is 11.6 Å². The van der Waals surface area contributed by atoms with Crippen LogP contribution in [0, 0.1) is 0 Å². The molecule has 1 aromatic rings. The van der Waals surface area contributed by atoms with E-state index in [1.807, 2.05) is 6.92 Å². The summed E-state index contributed by atoms with van der Waals surface area (Å²) in [6.07, 6.45) is 0. The summed E-state index contributed by atoms with van der Waals surface area (Å²) in [4.78, 5) is 11.1. The third kappa shape index (κ3) is 4.10. The molecule has 0 bridgehead atoms. The maximum Gasteiger partial charge on any atom is 0.257 e. The molecule has 3 nitrogen and oxygen atoms in total. The Morgan fingerprint density at radius 3 is 2.93 bits per heavy atom. The van der Waals surface area contributed by atoms with E-state index in [0.29, 0.717) is 17.3 Å². The highest BCUT2D eigenvalue weighted by Gasteiger charge is 2.04. The van der Waals surface area contributed by atoms with Gasteiger partial charge in [0.2, 0.25) is 0 Å². The normalized spacial score (nSPS) is 9.80. The topological polar surface area (TPSA) is 38.3 Å². The van der Waals surface area contributed by atoms with Crippen LogP contribution in [0.5, 0.6) is 5.75 Å². The van der Waals surface area contributed by atoms with Crippen molar-refractivity contribution in [1.29, 1.82) is 0 Å². The molecule has 0 aliphatic rings. The zero-order valence-corrected chi connectivity index (χ0v) is 10.6. The van der Waals surface area contributed by atoms with E-state index in [1.54, 1.807) is 18.2 Å². The van der Waals surface area contributed by atoms with E-state index in [9.17, 15) is 4.79 Å². The van der Waals surface area contributed by atoms with E-state index in [1.165, 1.54) is 0 Å². The van der Waals surface area contributed by atoms with Crippen LogP contribution in [-0.4, -0.2) is 19.1 Å². The molecule has 1 amide bonds. The van der Waals surface area contributed by atoms with Crippen molar-refractivity contribution < 1.29 is 9.53 Å². The molecule has 0 saturated carbocycles. The molecular weight excluding hydrogens is 281 g/mol. The molecule has 0 heterocycles. The van der Waals surface area contributed by atoms with Gasteiger partial charge in [0.15, 0.2) is 6.61 Å². The third-order valence-electron chi connectivity index (χ3n) is 1.63. The molecule has 82 valence electrons.